The average Bonchev–Trinajstić information content (AvgIpc) is 3.26. The van der Waals surface area contributed by atoms with Crippen molar-refractivity contribution in [3.8, 4) is 0 Å². The second-order valence-corrected chi connectivity index (χ2v) is 5.48. The molecule has 1 aliphatic rings. The number of fused-ring (bicyclic) bond motifs is 1. The number of rotatable bonds is 4. The summed E-state index contributed by atoms with van der Waals surface area (Å²) in [4.78, 5) is 12.2. The Balaban J connectivity index is 1.86. The summed E-state index contributed by atoms with van der Waals surface area (Å²) in [6.45, 7) is 0.561. The second-order valence-electron chi connectivity index (χ2n) is 5.48. The van der Waals surface area contributed by atoms with Gasteiger partial charge in [0.25, 0.3) is 5.91 Å². The highest BCUT2D eigenvalue weighted by Gasteiger charge is 2.42. The third-order valence-corrected chi connectivity index (χ3v) is 4.03. The number of hydrogen-bond acceptors (Lipinski definition) is 2. The van der Waals surface area contributed by atoms with E-state index in [9.17, 15) is 14.3 Å². The van der Waals surface area contributed by atoms with Crippen LogP contribution >= 0.6 is 0 Å². The van der Waals surface area contributed by atoms with Crippen molar-refractivity contribution in [1.82, 2.24) is 5.32 Å². The largest absolute Gasteiger partial charge is 0.396 e. The minimum absolute atomic E-state index is 0.0947. The van der Waals surface area contributed by atoms with Crippen molar-refractivity contribution in [2.45, 2.75) is 12.8 Å². The van der Waals surface area contributed by atoms with Crippen molar-refractivity contribution < 1.29 is 14.3 Å². The quantitative estimate of drug-likeness (QED) is 0.899. The molecule has 104 valence electrons. The third kappa shape index (κ3) is 2.27. The van der Waals surface area contributed by atoms with Gasteiger partial charge in [0.2, 0.25) is 0 Å². The predicted molar refractivity (Wildman–Crippen MR) is 75.0 cm³/mol. The molecule has 0 saturated heterocycles. The molecule has 2 aromatic rings. The molecule has 1 fully saturated rings. The summed E-state index contributed by atoms with van der Waals surface area (Å²) in [5.74, 6) is -0.549. The Kier molecular flexibility index (Phi) is 3.18. The van der Waals surface area contributed by atoms with Crippen LogP contribution in [0.25, 0.3) is 10.8 Å². The highest BCUT2D eigenvalue weighted by atomic mass is 19.1. The number of carbonyl (C=O) groups excluding carboxylic acids is 1. The Labute approximate surface area is 116 Å². The molecule has 0 atom stereocenters. The van der Waals surface area contributed by atoms with Crippen molar-refractivity contribution in [2.24, 2.45) is 5.41 Å². The Morgan fingerprint density at radius 3 is 2.55 bits per heavy atom. The van der Waals surface area contributed by atoms with E-state index in [0.717, 1.165) is 12.8 Å². The molecule has 3 nitrogen and oxygen atoms in total. The van der Waals surface area contributed by atoms with E-state index in [1.165, 1.54) is 12.1 Å². The topological polar surface area (TPSA) is 49.3 Å². The lowest BCUT2D eigenvalue weighted by Crippen LogP contribution is -2.32. The van der Waals surface area contributed by atoms with Gasteiger partial charge < -0.3 is 10.4 Å². The Hall–Kier alpha value is -1.94. The minimum Gasteiger partial charge on any atom is -0.396 e. The van der Waals surface area contributed by atoms with Crippen LogP contribution in [-0.2, 0) is 0 Å². The first kappa shape index (κ1) is 13.1. The molecule has 2 aromatic carbocycles. The number of amides is 1. The molecule has 1 aliphatic carbocycles. The van der Waals surface area contributed by atoms with Crippen molar-refractivity contribution in [3.05, 3.63) is 47.8 Å². The van der Waals surface area contributed by atoms with Gasteiger partial charge in [-0.25, -0.2) is 4.39 Å². The maximum absolute atomic E-state index is 13.7. The van der Waals surface area contributed by atoms with E-state index in [-0.39, 0.29) is 23.7 Å². The van der Waals surface area contributed by atoms with Crippen LogP contribution in [0.2, 0.25) is 0 Å². The molecular formula is C16H16FNO2. The fourth-order valence-corrected chi connectivity index (χ4v) is 2.39. The molecule has 20 heavy (non-hydrogen) atoms. The van der Waals surface area contributed by atoms with Gasteiger partial charge in [-0.1, -0.05) is 24.3 Å². The fourth-order valence-electron chi connectivity index (χ4n) is 2.39. The number of carbonyl (C=O) groups is 1. The average molecular weight is 273 g/mol. The lowest BCUT2D eigenvalue weighted by molar-refractivity contribution is 0.0937. The van der Waals surface area contributed by atoms with E-state index in [2.05, 4.69) is 5.32 Å². The maximum atomic E-state index is 13.7. The normalized spacial score (nSPS) is 16.1. The smallest absolute Gasteiger partial charge is 0.251 e. The summed E-state index contributed by atoms with van der Waals surface area (Å²) in [6, 6.07) is 9.76. The van der Waals surface area contributed by atoms with Crippen molar-refractivity contribution in [1.29, 1.82) is 0 Å². The molecule has 1 saturated carbocycles. The Morgan fingerprint density at radius 1 is 1.20 bits per heavy atom. The molecule has 1 amide bonds. The van der Waals surface area contributed by atoms with Gasteiger partial charge in [-0.2, -0.15) is 0 Å². The summed E-state index contributed by atoms with van der Waals surface area (Å²) in [7, 11) is 0. The number of aliphatic hydroxyl groups is 1. The number of aliphatic hydroxyl groups excluding tert-OH is 1. The lowest BCUT2D eigenvalue weighted by atomic mass is 10.0. The van der Waals surface area contributed by atoms with E-state index < -0.39 is 0 Å². The monoisotopic (exact) mass is 273 g/mol. The molecule has 0 spiro atoms. The molecule has 0 unspecified atom stereocenters. The number of hydrogen-bond donors (Lipinski definition) is 2. The van der Waals surface area contributed by atoms with Gasteiger partial charge >= 0.3 is 0 Å². The summed E-state index contributed by atoms with van der Waals surface area (Å²) in [5.41, 5.74) is 0.335. The zero-order chi connectivity index (χ0) is 14.2. The minimum atomic E-state index is -0.328. The lowest BCUT2D eigenvalue weighted by Gasteiger charge is -2.13. The van der Waals surface area contributed by atoms with Gasteiger partial charge in [-0.3, -0.25) is 4.79 Å². The van der Waals surface area contributed by atoms with Gasteiger partial charge in [0.1, 0.15) is 5.82 Å². The van der Waals surface area contributed by atoms with Crippen molar-refractivity contribution in [3.63, 3.8) is 0 Å². The second kappa shape index (κ2) is 4.87. The van der Waals surface area contributed by atoms with Crippen molar-refractivity contribution >= 4 is 16.7 Å². The fraction of sp³-hybridized carbons (Fsp3) is 0.312. The summed E-state index contributed by atoms with van der Waals surface area (Å²) in [5, 5.41) is 13.1. The zero-order valence-electron chi connectivity index (χ0n) is 11.0. The van der Waals surface area contributed by atoms with Gasteiger partial charge in [0.05, 0.1) is 6.61 Å². The highest BCUT2D eigenvalue weighted by molar-refractivity contribution is 6.07. The van der Waals surface area contributed by atoms with Crippen LogP contribution in [0.5, 0.6) is 0 Å². The Bertz CT molecular complexity index is 665. The van der Waals surface area contributed by atoms with Gasteiger partial charge in [0.15, 0.2) is 0 Å². The zero-order valence-corrected chi connectivity index (χ0v) is 11.0. The molecule has 3 rings (SSSR count). The number of benzene rings is 2. The van der Waals surface area contributed by atoms with Gasteiger partial charge in [0, 0.05) is 22.9 Å². The van der Waals surface area contributed by atoms with Gasteiger partial charge in [-0.15, -0.1) is 0 Å². The van der Waals surface area contributed by atoms with Gasteiger partial charge in [-0.05, 0) is 30.4 Å². The van der Waals surface area contributed by atoms with E-state index in [1.807, 2.05) is 0 Å². The molecular weight excluding hydrogens is 257 g/mol. The first-order chi connectivity index (χ1) is 9.65. The number of nitrogens with one attached hydrogen (secondary N) is 1. The molecule has 0 heterocycles. The first-order valence-electron chi connectivity index (χ1n) is 6.72. The summed E-state index contributed by atoms with van der Waals surface area (Å²) in [6.07, 6.45) is 1.88. The van der Waals surface area contributed by atoms with E-state index >= 15 is 0 Å². The van der Waals surface area contributed by atoms with Crippen LogP contribution in [0.3, 0.4) is 0 Å². The predicted octanol–water partition coefficient (Wildman–Crippen LogP) is 2.48. The number of halogens is 1. The SMILES string of the molecule is O=C(NCC1(CO)CC1)c1ccc(F)c2ccccc12. The standard InChI is InChI=1S/C16H16FNO2/c17-14-6-5-13(11-3-1-2-4-12(11)14)15(20)18-9-16(10-19)7-8-16/h1-6,19H,7-10H2,(H,18,20). The van der Waals surface area contributed by atoms with Crippen LogP contribution < -0.4 is 5.32 Å². The van der Waals surface area contributed by atoms with Crippen molar-refractivity contribution in [2.75, 3.05) is 13.2 Å². The molecule has 4 heteroatoms. The maximum Gasteiger partial charge on any atom is 0.251 e. The van der Waals surface area contributed by atoms with E-state index in [0.29, 0.717) is 22.9 Å². The van der Waals surface area contributed by atoms with Crippen LogP contribution in [0.1, 0.15) is 23.2 Å². The Morgan fingerprint density at radius 2 is 1.90 bits per heavy atom. The molecule has 0 aliphatic heterocycles. The molecule has 0 radical (unpaired) electrons. The summed E-state index contributed by atoms with van der Waals surface area (Å²) >= 11 is 0. The molecule has 0 bridgehead atoms. The van der Waals surface area contributed by atoms with E-state index in [1.54, 1.807) is 24.3 Å². The first-order valence-corrected chi connectivity index (χ1v) is 6.72. The van der Waals surface area contributed by atoms with Crippen LogP contribution in [0.15, 0.2) is 36.4 Å². The van der Waals surface area contributed by atoms with Crippen LogP contribution in [-0.4, -0.2) is 24.2 Å². The highest BCUT2D eigenvalue weighted by Crippen LogP contribution is 2.44. The van der Waals surface area contributed by atoms with Crippen LogP contribution in [0.4, 0.5) is 4.39 Å². The van der Waals surface area contributed by atoms with E-state index in [4.69, 9.17) is 0 Å². The third-order valence-electron chi connectivity index (χ3n) is 4.03. The summed E-state index contributed by atoms with van der Waals surface area (Å²) < 4.78 is 13.7. The molecule has 2 N–H and O–H groups in total. The van der Waals surface area contributed by atoms with Crippen LogP contribution in [0, 0.1) is 11.2 Å². The molecule has 0 aromatic heterocycles.